The van der Waals surface area contributed by atoms with E-state index < -0.39 is 5.60 Å². The van der Waals surface area contributed by atoms with Gasteiger partial charge in [-0.05, 0) is 73.9 Å². The Balaban J connectivity index is 2.07. The summed E-state index contributed by atoms with van der Waals surface area (Å²) in [6.07, 6.45) is 2.06. The normalized spacial score (nSPS) is 17.0. The van der Waals surface area contributed by atoms with Gasteiger partial charge in [-0.25, -0.2) is 4.79 Å². The summed E-state index contributed by atoms with van der Waals surface area (Å²) in [5.74, 6) is 0.0709. The Kier molecular flexibility index (Phi) is 5.10. The highest BCUT2D eigenvalue weighted by molar-refractivity contribution is 9.10. The van der Waals surface area contributed by atoms with E-state index in [0.717, 1.165) is 30.4 Å². The number of carbonyl (C=O) groups excluding carboxylic acids is 1. The Hall–Kier alpha value is -0.580. The van der Waals surface area contributed by atoms with Crippen LogP contribution in [0, 0.1) is 5.92 Å². The lowest BCUT2D eigenvalue weighted by atomic mass is 9.83. The summed E-state index contributed by atoms with van der Waals surface area (Å²) < 4.78 is 6.49. The summed E-state index contributed by atoms with van der Waals surface area (Å²) in [5, 5.41) is 3.84. The Morgan fingerprint density at radius 2 is 2.05 bits per heavy atom. The number of hydrogen-bond donors (Lipinski definition) is 1. The molecule has 1 aromatic rings. The Morgan fingerprint density at radius 1 is 1.40 bits per heavy atom. The molecule has 1 saturated heterocycles. The molecule has 1 fully saturated rings. The first kappa shape index (κ1) is 15.8. The van der Waals surface area contributed by atoms with Crippen LogP contribution in [0.15, 0.2) is 22.7 Å². The lowest BCUT2D eigenvalue weighted by Crippen LogP contribution is -2.42. The first-order valence-corrected chi connectivity index (χ1v) is 7.96. The number of rotatable bonds is 3. The number of ether oxygens (including phenoxy) is 1. The molecule has 3 nitrogen and oxygen atoms in total. The van der Waals surface area contributed by atoms with Gasteiger partial charge < -0.3 is 10.1 Å². The van der Waals surface area contributed by atoms with Crippen LogP contribution < -0.4 is 5.32 Å². The fraction of sp³-hybridized carbons (Fsp3) is 0.533. The van der Waals surface area contributed by atoms with E-state index in [1.807, 2.05) is 13.8 Å². The predicted molar refractivity (Wildman–Crippen MR) is 84.2 cm³/mol. The van der Waals surface area contributed by atoms with Gasteiger partial charge in [0, 0.05) is 10.4 Å². The second-order valence-electron chi connectivity index (χ2n) is 5.65. The van der Waals surface area contributed by atoms with Gasteiger partial charge in [0.2, 0.25) is 0 Å². The fourth-order valence-corrected chi connectivity index (χ4v) is 2.95. The number of esters is 1. The highest BCUT2D eigenvalue weighted by Crippen LogP contribution is 2.30. The molecule has 0 unspecified atom stereocenters. The molecule has 20 heavy (non-hydrogen) atoms. The molecule has 0 aliphatic carbocycles. The molecule has 2 rings (SSSR count). The lowest BCUT2D eigenvalue weighted by molar-refractivity contribution is -0.0368. The molecule has 0 amide bonds. The Bertz CT molecular complexity index is 499. The van der Waals surface area contributed by atoms with Crippen molar-refractivity contribution in [2.45, 2.75) is 32.3 Å². The third-order valence-electron chi connectivity index (χ3n) is 3.83. The molecule has 1 aliphatic rings. The molecule has 0 atom stereocenters. The van der Waals surface area contributed by atoms with Crippen molar-refractivity contribution < 1.29 is 9.53 Å². The quantitative estimate of drug-likeness (QED) is 0.827. The van der Waals surface area contributed by atoms with Crippen LogP contribution in [0.25, 0.3) is 0 Å². The standard InChI is InChI=1S/C15H19BrClNO2/c1-15(2,11-5-7-18-8-6-11)20-14(19)10-3-4-12(16)13(17)9-10/h3-4,9,11,18H,5-8H2,1-2H3. The van der Waals surface area contributed by atoms with E-state index in [1.165, 1.54) is 0 Å². The summed E-state index contributed by atoms with van der Waals surface area (Å²) >= 11 is 9.33. The summed E-state index contributed by atoms with van der Waals surface area (Å²) in [7, 11) is 0. The van der Waals surface area contributed by atoms with Crippen molar-refractivity contribution in [2.24, 2.45) is 5.92 Å². The second-order valence-corrected chi connectivity index (χ2v) is 6.91. The minimum absolute atomic E-state index is 0.317. The van der Waals surface area contributed by atoms with E-state index in [-0.39, 0.29) is 5.97 Å². The lowest BCUT2D eigenvalue weighted by Gasteiger charge is -2.36. The summed E-state index contributed by atoms with van der Waals surface area (Å²) in [5.41, 5.74) is 0.0267. The number of nitrogens with one attached hydrogen (secondary N) is 1. The van der Waals surface area contributed by atoms with E-state index in [2.05, 4.69) is 21.2 Å². The van der Waals surface area contributed by atoms with Crippen LogP contribution in [-0.2, 0) is 4.74 Å². The molecule has 110 valence electrons. The molecule has 5 heteroatoms. The van der Waals surface area contributed by atoms with Gasteiger partial charge in [0.15, 0.2) is 0 Å². The van der Waals surface area contributed by atoms with Crippen molar-refractivity contribution in [3.8, 4) is 0 Å². The van der Waals surface area contributed by atoms with Crippen molar-refractivity contribution >= 4 is 33.5 Å². The Labute approximate surface area is 133 Å². The van der Waals surface area contributed by atoms with Gasteiger partial charge in [-0.2, -0.15) is 0 Å². The summed E-state index contributed by atoms with van der Waals surface area (Å²) in [4.78, 5) is 12.3. The van der Waals surface area contributed by atoms with Crippen LogP contribution in [0.3, 0.4) is 0 Å². The molecular weight excluding hydrogens is 342 g/mol. The minimum Gasteiger partial charge on any atom is -0.456 e. The number of halogens is 2. The van der Waals surface area contributed by atoms with Crippen LogP contribution in [0.2, 0.25) is 5.02 Å². The SMILES string of the molecule is CC(C)(OC(=O)c1ccc(Br)c(Cl)c1)C1CCNCC1. The van der Waals surface area contributed by atoms with Gasteiger partial charge in [0.25, 0.3) is 0 Å². The van der Waals surface area contributed by atoms with Gasteiger partial charge in [-0.1, -0.05) is 11.6 Å². The van der Waals surface area contributed by atoms with E-state index in [1.54, 1.807) is 18.2 Å². The zero-order valence-electron chi connectivity index (χ0n) is 11.7. The molecule has 1 aromatic carbocycles. The zero-order valence-corrected chi connectivity index (χ0v) is 14.1. The maximum atomic E-state index is 12.3. The monoisotopic (exact) mass is 359 g/mol. The van der Waals surface area contributed by atoms with E-state index in [0.29, 0.717) is 16.5 Å². The van der Waals surface area contributed by atoms with Crippen LogP contribution in [0.1, 0.15) is 37.0 Å². The molecule has 0 aromatic heterocycles. The molecular formula is C15H19BrClNO2. The third-order valence-corrected chi connectivity index (χ3v) is 5.07. The molecule has 1 N–H and O–H groups in total. The highest BCUT2D eigenvalue weighted by atomic mass is 79.9. The van der Waals surface area contributed by atoms with Crippen LogP contribution >= 0.6 is 27.5 Å². The van der Waals surface area contributed by atoms with Crippen molar-refractivity contribution in [1.29, 1.82) is 0 Å². The molecule has 0 spiro atoms. The number of carbonyl (C=O) groups is 1. The van der Waals surface area contributed by atoms with Gasteiger partial charge in [0.05, 0.1) is 10.6 Å². The highest BCUT2D eigenvalue weighted by Gasteiger charge is 2.34. The van der Waals surface area contributed by atoms with E-state index in [4.69, 9.17) is 16.3 Å². The topological polar surface area (TPSA) is 38.3 Å². The van der Waals surface area contributed by atoms with E-state index in [9.17, 15) is 4.79 Å². The largest absolute Gasteiger partial charge is 0.456 e. The summed E-state index contributed by atoms with van der Waals surface area (Å²) in [6, 6.07) is 5.11. The van der Waals surface area contributed by atoms with Crippen molar-refractivity contribution in [3.05, 3.63) is 33.3 Å². The van der Waals surface area contributed by atoms with Crippen LogP contribution in [0.4, 0.5) is 0 Å². The predicted octanol–water partition coefficient (Wildman–Crippen LogP) is 4.04. The zero-order chi connectivity index (χ0) is 14.8. The number of piperidine rings is 1. The molecule has 0 saturated carbocycles. The number of hydrogen-bond acceptors (Lipinski definition) is 3. The smallest absolute Gasteiger partial charge is 0.338 e. The molecule has 1 heterocycles. The van der Waals surface area contributed by atoms with Crippen molar-refractivity contribution in [1.82, 2.24) is 5.32 Å². The molecule has 0 radical (unpaired) electrons. The molecule has 1 aliphatic heterocycles. The van der Waals surface area contributed by atoms with Gasteiger partial charge >= 0.3 is 5.97 Å². The Morgan fingerprint density at radius 3 is 2.65 bits per heavy atom. The summed E-state index contributed by atoms with van der Waals surface area (Å²) in [6.45, 7) is 5.94. The third kappa shape index (κ3) is 3.74. The van der Waals surface area contributed by atoms with Gasteiger partial charge in [-0.3, -0.25) is 0 Å². The van der Waals surface area contributed by atoms with Gasteiger partial charge in [0.1, 0.15) is 5.60 Å². The first-order chi connectivity index (χ1) is 9.40. The van der Waals surface area contributed by atoms with Crippen molar-refractivity contribution in [2.75, 3.05) is 13.1 Å². The van der Waals surface area contributed by atoms with Gasteiger partial charge in [-0.15, -0.1) is 0 Å². The molecule has 0 bridgehead atoms. The fourth-order valence-electron chi connectivity index (χ4n) is 2.52. The van der Waals surface area contributed by atoms with E-state index >= 15 is 0 Å². The minimum atomic E-state index is -0.460. The average Bonchev–Trinajstić information content (AvgIpc) is 2.42. The maximum Gasteiger partial charge on any atom is 0.338 e. The second kappa shape index (κ2) is 6.46. The first-order valence-electron chi connectivity index (χ1n) is 6.79. The maximum absolute atomic E-state index is 12.3. The van der Waals surface area contributed by atoms with Crippen molar-refractivity contribution in [3.63, 3.8) is 0 Å². The van der Waals surface area contributed by atoms with Crippen LogP contribution in [0.5, 0.6) is 0 Å². The number of benzene rings is 1. The van der Waals surface area contributed by atoms with Crippen LogP contribution in [-0.4, -0.2) is 24.7 Å². The average molecular weight is 361 g/mol.